The first kappa shape index (κ1) is 13.4. The van der Waals surface area contributed by atoms with Gasteiger partial charge in [0.2, 0.25) is 5.91 Å². The number of likely N-dealkylation sites (tertiary alicyclic amines) is 1. The highest BCUT2D eigenvalue weighted by Crippen LogP contribution is 2.21. The molecule has 0 saturated carbocycles. The van der Waals surface area contributed by atoms with Crippen LogP contribution in [0.15, 0.2) is 18.2 Å². The summed E-state index contributed by atoms with van der Waals surface area (Å²) in [5.41, 5.74) is 0.602. The van der Waals surface area contributed by atoms with E-state index in [1.165, 1.54) is 12.1 Å². The van der Waals surface area contributed by atoms with Gasteiger partial charge in [0.1, 0.15) is 11.3 Å². The van der Waals surface area contributed by atoms with Gasteiger partial charge in [0, 0.05) is 19.5 Å². The molecule has 0 unspecified atom stereocenters. The van der Waals surface area contributed by atoms with Crippen LogP contribution in [0.2, 0.25) is 0 Å². The summed E-state index contributed by atoms with van der Waals surface area (Å²) in [6, 6.07) is 4.44. The van der Waals surface area contributed by atoms with E-state index in [9.17, 15) is 14.7 Å². The van der Waals surface area contributed by atoms with Crippen molar-refractivity contribution in [2.24, 2.45) is 0 Å². The van der Waals surface area contributed by atoms with E-state index in [2.05, 4.69) is 0 Å². The fourth-order valence-corrected chi connectivity index (χ4v) is 2.28. The van der Waals surface area contributed by atoms with Crippen molar-refractivity contribution in [1.82, 2.24) is 4.90 Å². The minimum atomic E-state index is -1.17. The van der Waals surface area contributed by atoms with Crippen LogP contribution in [-0.2, 0) is 11.3 Å². The monoisotopic (exact) mass is 263 g/mol. The van der Waals surface area contributed by atoms with Gasteiger partial charge in [-0.3, -0.25) is 4.79 Å². The Balaban J connectivity index is 2.16. The summed E-state index contributed by atoms with van der Waals surface area (Å²) in [6.45, 7) is 1.11. The highest BCUT2D eigenvalue weighted by molar-refractivity contribution is 5.91. The fraction of sp³-hybridized carbons (Fsp3) is 0.429. The van der Waals surface area contributed by atoms with Crippen LogP contribution in [0.3, 0.4) is 0 Å². The maximum atomic E-state index is 11.9. The molecule has 1 aromatic rings. The van der Waals surface area contributed by atoms with Crippen LogP contribution in [0.4, 0.5) is 0 Å². The molecule has 1 aromatic carbocycles. The van der Waals surface area contributed by atoms with Crippen molar-refractivity contribution in [3.8, 4) is 5.75 Å². The number of rotatable bonds is 3. The minimum Gasteiger partial charge on any atom is -0.507 e. The number of carboxylic acids is 1. The highest BCUT2D eigenvalue weighted by atomic mass is 16.4. The van der Waals surface area contributed by atoms with E-state index in [0.717, 1.165) is 24.8 Å². The van der Waals surface area contributed by atoms with E-state index in [0.29, 0.717) is 19.5 Å². The van der Waals surface area contributed by atoms with Crippen molar-refractivity contribution in [3.63, 3.8) is 0 Å². The predicted molar refractivity (Wildman–Crippen MR) is 69.0 cm³/mol. The summed E-state index contributed by atoms with van der Waals surface area (Å²) in [6.07, 6.45) is 3.52. The Morgan fingerprint density at radius 2 is 2.05 bits per heavy atom. The quantitative estimate of drug-likeness (QED) is 0.874. The molecule has 1 amide bonds. The topological polar surface area (TPSA) is 77.8 Å². The molecule has 2 N–H and O–H groups in total. The summed E-state index contributed by atoms with van der Waals surface area (Å²) in [5.74, 6) is -1.30. The average Bonchev–Trinajstić information content (AvgIpc) is 2.57. The second-order valence-electron chi connectivity index (χ2n) is 4.78. The van der Waals surface area contributed by atoms with Crippen LogP contribution in [0.1, 0.15) is 41.6 Å². The van der Waals surface area contributed by atoms with Crippen molar-refractivity contribution in [1.29, 1.82) is 0 Å². The predicted octanol–water partition coefficient (Wildman–Crippen LogP) is 1.99. The van der Waals surface area contributed by atoms with Gasteiger partial charge in [0.05, 0.1) is 0 Å². The standard InChI is InChI=1S/C14H17NO4/c16-12-6-5-10(8-11(12)14(18)19)9-15-7-3-1-2-4-13(15)17/h5-6,8,16H,1-4,7,9H2,(H,18,19). The van der Waals surface area contributed by atoms with Crippen LogP contribution < -0.4 is 0 Å². The van der Waals surface area contributed by atoms with E-state index >= 15 is 0 Å². The molecular formula is C14H17NO4. The smallest absolute Gasteiger partial charge is 0.339 e. The SMILES string of the molecule is O=C(O)c1cc(CN2CCCCCC2=O)ccc1O. The van der Waals surface area contributed by atoms with Crippen molar-refractivity contribution in [2.75, 3.05) is 6.54 Å². The largest absolute Gasteiger partial charge is 0.507 e. The maximum absolute atomic E-state index is 11.9. The molecule has 1 fully saturated rings. The van der Waals surface area contributed by atoms with Gasteiger partial charge in [-0.2, -0.15) is 0 Å². The first-order valence-electron chi connectivity index (χ1n) is 6.41. The van der Waals surface area contributed by atoms with E-state index in [1.54, 1.807) is 11.0 Å². The zero-order chi connectivity index (χ0) is 13.8. The zero-order valence-electron chi connectivity index (χ0n) is 10.6. The molecule has 1 saturated heterocycles. The third kappa shape index (κ3) is 3.24. The Kier molecular flexibility index (Phi) is 4.04. The van der Waals surface area contributed by atoms with E-state index in [-0.39, 0.29) is 17.2 Å². The Bertz CT molecular complexity index is 498. The summed E-state index contributed by atoms with van der Waals surface area (Å²) in [7, 11) is 0. The lowest BCUT2D eigenvalue weighted by Gasteiger charge is -2.20. The van der Waals surface area contributed by atoms with Crippen molar-refractivity contribution >= 4 is 11.9 Å². The van der Waals surface area contributed by atoms with Gasteiger partial charge >= 0.3 is 5.97 Å². The number of carbonyl (C=O) groups excluding carboxylic acids is 1. The number of carbonyl (C=O) groups is 2. The van der Waals surface area contributed by atoms with E-state index in [1.807, 2.05) is 0 Å². The molecule has 0 aliphatic carbocycles. The number of hydrogen-bond donors (Lipinski definition) is 2. The molecule has 0 spiro atoms. The molecule has 1 aliphatic heterocycles. The molecule has 1 aliphatic rings. The van der Waals surface area contributed by atoms with Crippen LogP contribution in [0.5, 0.6) is 5.75 Å². The number of hydrogen-bond acceptors (Lipinski definition) is 3. The summed E-state index contributed by atoms with van der Waals surface area (Å²) >= 11 is 0. The normalized spacial score (nSPS) is 16.2. The summed E-state index contributed by atoms with van der Waals surface area (Å²) < 4.78 is 0. The molecule has 19 heavy (non-hydrogen) atoms. The lowest BCUT2D eigenvalue weighted by molar-refractivity contribution is -0.131. The van der Waals surface area contributed by atoms with E-state index in [4.69, 9.17) is 5.11 Å². The van der Waals surface area contributed by atoms with Gasteiger partial charge in [-0.25, -0.2) is 4.79 Å². The fourth-order valence-electron chi connectivity index (χ4n) is 2.28. The lowest BCUT2D eigenvalue weighted by atomic mass is 10.1. The Labute approximate surface area is 111 Å². The molecule has 0 bridgehead atoms. The van der Waals surface area contributed by atoms with Gasteiger partial charge in [0.15, 0.2) is 0 Å². The van der Waals surface area contributed by atoms with Crippen LogP contribution in [-0.4, -0.2) is 33.5 Å². The van der Waals surface area contributed by atoms with Crippen molar-refractivity contribution in [2.45, 2.75) is 32.2 Å². The molecule has 2 rings (SSSR count). The van der Waals surface area contributed by atoms with Crippen molar-refractivity contribution in [3.05, 3.63) is 29.3 Å². The number of aromatic carboxylic acids is 1. The highest BCUT2D eigenvalue weighted by Gasteiger charge is 2.18. The lowest BCUT2D eigenvalue weighted by Crippen LogP contribution is -2.29. The number of benzene rings is 1. The molecule has 0 atom stereocenters. The Morgan fingerprint density at radius 1 is 1.26 bits per heavy atom. The summed E-state index contributed by atoms with van der Waals surface area (Å²) in [4.78, 5) is 24.6. The van der Waals surface area contributed by atoms with Crippen molar-refractivity contribution < 1.29 is 19.8 Å². The summed E-state index contributed by atoms with van der Waals surface area (Å²) in [5, 5.41) is 18.4. The first-order valence-corrected chi connectivity index (χ1v) is 6.41. The number of phenols is 1. The zero-order valence-corrected chi connectivity index (χ0v) is 10.6. The molecule has 1 heterocycles. The van der Waals surface area contributed by atoms with Crippen LogP contribution in [0.25, 0.3) is 0 Å². The molecule has 0 aromatic heterocycles. The molecular weight excluding hydrogens is 246 g/mol. The van der Waals surface area contributed by atoms with Gasteiger partial charge in [0.25, 0.3) is 0 Å². The number of nitrogens with zero attached hydrogens (tertiary/aromatic N) is 1. The maximum Gasteiger partial charge on any atom is 0.339 e. The van der Waals surface area contributed by atoms with Crippen LogP contribution in [0, 0.1) is 0 Å². The third-order valence-corrected chi connectivity index (χ3v) is 3.34. The van der Waals surface area contributed by atoms with Gasteiger partial charge in [-0.1, -0.05) is 12.5 Å². The third-order valence-electron chi connectivity index (χ3n) is 3.34. The number of carboxylic acid groups (broad SMARTS) is 1. The molecule has 5 nitrogen and oxygen atoms in total. The molecule has 102 valence electrons. The second-order valence-corrected chi connectivity index (χ2v) is 4.78. The Morgan fingerprint density at radius 3 is 2.79 bits per heavy atom. The van der Waals surface area contributed by atoms with Gasteiger partial charge in [-0.15, -0.1) is 0 Å². The van der Waals surface area contributed by atoms with Gasteiger partial charge in [-0.05, 0) is 30.5 Å². The first-order chi connectivity index (χ1) is 9.08. The second kappa shape index (κ2) is 5.73. The van der Waals surface area contributed by atoms with Gasteiger partial charge < -0.3 is 15.1 Å². The number of aromatic hydroxyl groups is 1. The Hall–Kier alpha value is -2.04. The molecule has 0 radical (unpaired) electrons. The average molecular weight is 263 g/mol. The van der Waals surface area contributed by atoms with Crippen LogP contribution >= 0.6 is 0 Å². The molecule has 5 heteroatoms. The van der Waals surface area contributed by atoms with E-state index < -0.39 is 5.97 Å². The number of amides is 1. The minimum absolute atomic E-state index is 0.113.